The van der Waals surface area contributed by atoms with Gasteiger partial charge in [0.1, 0.15) is 6.04 Å². The number of nitrogens with zero attached hydrogens (tertiary/aromatic N) is 1. The highest BCUT2D eigenvalue weighted by Crippen LogP contribution is 2.25. The molecule has 6 heteroatoms. The van der Waals surface area contributed by atoms with Crippen molar-refractivity contribution in [1.29, 1.82) is 0 Å². The zero-order valence-corrected chi connectivity index (χ0v) is 12.8. The lowest BCUT2D eigenvalue weighted by Crippen LogP contribution is -2.55. The third-order valence-corrected chi connectivity index (χ3v) is 3.82. The topological polar surface area (TPSA) is 46.6 Å². The molecule has 1 aliphatic rings. The van der Waals surface area contributed by atoms with Crippen molar-refractivity contribution < 1.29 is 14.3 Å². The molecule has 0 spiro atoms. The molecule has 0 saturated carbocycles. The number of carbonyl (C=O) groups is 2. The highest BCUT2D eigenvalue weighted by atomic mass is 79.9. The molecule has 98 valence electrons. The minimum absolute atomic E-state index is 0.0594. The lowest BCUT2D eigenvalue weighted by Gasteiger charge is -2.36. The normalized spacial score (nSPS) is 21.2. The molecule has 1 aliphatic heterocycles. The first-order valence-corrected chi connectivity index (χ1v) is 7.57. The van der Waals surface area contributed by atoms with Gasteiger partial charge in [-0.15, -0.1) is 0 Å². The van der Waals surface area contributed by atoms with Gasteiger partial charge in [-0.2, -0.15) is 11.8 Å². The fourth-order valence-corrected chi connectivity index (χ4v) is 2.88. The summed E-state index contributed by atoms with van der Waals surface area (Å²) >= 11 is 5.02. The predicted octanol–water partition coefficient (Wildman–Crippen LogP) is 1.67. The Labute approximate surface area is 115 Å². The van der Waals surface area contributed by atoms with Crippen LogP contribution in [0.1, 0.15) is 20.8 Å². The zero-order chi connectivity index (χ0) is 13.1. The van der Waals surface area contributed by atoms with Crippen LogP contribution in [-0.4, -0.2) is 51.8 Å². The highest BCUT2D eigenvalue weighted by Gasteiger charge is 2.38. The van der Waals surface area contributed by atoms with E-state index in [1.807, 2.05) is 0 Å². The van der Waals surface area contributed by atoms with E-state index >= 15 is 0 Å². The van der Waals surface area contributed by atoms with Crippen molar-refractivity contribution in [2.45, 2.75) is 31.1 Å². The maximum atomic E-state index is 12.2. The fourth-order valence-electron chi connectivity index (χ4n) is 1.62. The fraction of sp³-hybridized carbons (Fsp3) is 0.818. The van der Waals surface area contributed by atoms with E-state index in [0.717, 1.165) is 5.75 Å². The van der Waals surface area contributed by atoms with Gasteiger partial charge in [-0.3, -0.25) is 4.79 Å². The number of rotatable bonds is 3. The second kappa shape index (κ2) is 6.09. The van der Waals surface area contributed by atoms with Gasteiger partial charge in [0, 0.05) is 18.1 Å². The lowest BCUT2D eigenvalue weighted by molar-refractivity contribution is -0.154. The number of halogens is 1. The quantitative estimate of drug-likeness (QED) is 0.585. The van der Waals surface area contributed by atoms with Gasteiger partial charge in [-0.05, 0) is 20.8 Å². The van der Waals surface area contributed by atoms with Crippen molar-refractivity contribution in [2.24, 2.45) is 0 Å². The lowest BCUT2D eigenvalue weighted by atomic mass is 10.1. The molecule has 17 heavy (non-hydrogen) atoms. The Kier molecular flexibility index (Phi) is 5.31. The Bertz CT molecular complexity index is 304. The summed E-state index contributed by atoms with van der Waals surface area (Å²) in [5.41, 5.74) is 0. The van der Waals surface area contributed by atoms with E-state index in [9.17, 15) is 9.59 Å². The summed E-state index contributed by atoms with van der Waals surface area (Å²) in [5, 5.41) is 0. The van der Waals surface area contributed by atoms with Crippen LogP contribution >= 0.6 is 27.7 Å². The van der Waals surface area contributed by atoms with Crippen LogP contribution < -0.4 is 0 Å². The number of carbonyl (C=O) groups excluding carboxylic acids is 2. The first kappa shape index (κ1) is 14.8. The number of hydrogen-bond donors (Lipinski definition) is 0. The first-order valence-electron chi connectivity index (χ1n) is 5.62. The molecule has 0 N–H and O–H groups in total. The van der Waals surface area contributed by atoms with Gasteiger partial charge < -0.3 is 9.64 Å². The number of ether oxygens (including phenoxy) is 1. The third kappa shape index (κ3) is 3.88. The van der Waals surface area contributed by atoms with Crippen molar-refractivity contribution >= 4 is 39.6 Å². The molecule has 1 heterocycles. The highest BCUT2D eigenvalue weighted by molar-refractivity contribution is 9.10. The molecule has 0 aromatic rings. The minimum atomic E-state index is -0.639. The average Bonchev–Trinajstić information content (AvgIpc) is 2.27. The van der Waals surface area contributed by atoms with E-state index in [1.165, 1.54) is 0 Å². The molecule has 1 rings (SSSR count). The molecule has 1 fully saturated rings. The van der Waals surface area contributed by atoms with Crippen LogP contribution in [0.4, 0.5) is 0 Å². The Morgan fingerprint density at radius 3 is 2.71 bits per heavy atom. The molecule has 1 atom stereocenters. The molecule has 0 bridgehead atoms. The second-order valence-corrected chi connectivity index (χ2v) is 7.45. The molecule has 0 radical (unpaired) electrons. The molecule has 1 amide bonds. The number of amides is 1. The van der Waals surface area contributed by atoms with E-state index in [2.05, 4.69) is 15.9 Å². The Balaban J connectivity index is 2.79. The van der Waals surface area contributed by atoms with Gasteiger partial charge in [0.15, 0.2) is 0 Å². The Morgan fingerprint density at radius 2 is 2.18 bits per heavy atom. The largest absolute Gasteiger partial charge is 0.464 e. The van der Waals surface area contributed by atoms with Crippen LogP contribution in [0.2, 0.25) is 0 Å². The van der Waals surface area contributed by atoms with Crippen molar-refractivity contribution in [3.8, 4) is 0 Å². The van der Waals surface area contributed by atoms with Crippen LogP contribution in [0.5, 0.6) is 0 Å². The van der Waals surface area contributed by atoms with E-state index in [-0.39, 0.29) is 11.9 Å². The summed E-state index contributed by atoms with van der Waals surface area (Å²) in [5.74, 6) is 1.12. The maximum absolute atomic E-state index is 12.2. The second-order valence-electron chi connectivity index (χ2n) is 4.31. The SMILES string of the molecule is CCOC(=O)C1CSCCN1C(=O)C(C)(C)Br. The summed E-state index contributed by atoms with van der Waals surface area (Å²) in [6.45, 7) is 6.30. The molecule has 0 aromatic heterocycles. The Morgan fingerprint density at radius 1 is 1.53 bits per heavy atom. The molecule has 4 nitrogen and oxygen atoms in total. The van der Waals surface area contributed by atoms with E-state index in [0.29, 0.717) is 18.9 Å². The number of esters is 1. The average molecular weight is 324 g/mol. The third-order valence-electron chi connectivity index (χ3n) is 2.46. The van der Waals surface area contributed by atoms with E-state index in [1.54, 1.807) is 37.4 Å². The van der Waals surface area contributed by atoms with Gasteiger partial charge in [0.2, 0.25) is 5.91 Å². The standard InChI is InChI=1S/C11H18BrNO3S/c1-4-16-9(14)8-7-17-6-5-13(8)10(15)11(2,3)12/h8H,4-7H2,1-3H3. The van der Waals surface area contributed by atoms with Gasteiger partial charge in [0.05, 0.1) is 10.9 Å². The summed E-state index contributed by atoms with van der Waals surface area (Å²) in [7, 11) is 0. The van der Waals surface area contributed by atoms with Gasteiger partial charge in [0.25, 0.3) is 0 Å². The number of hydrogen-bond acceptors (Lipinski definition) is 4. The van der Waals surface area contributed by atoms with Gasteiger partial charge in [-0.1, -0.05) is 15.9 Å². The smallest absolute Gasteiger partial charge is 0.329 e. The molecule has 0 aliphatic carbocycles. The molecule has 0 aromatic carbocycles. The maximum Gasteiger partial charge on any atom is 0.329 e. The van der Waals surface area contributed by atoms with E-state index < -0.39 is 10.4 Å². The molecule has 1 saturated heterocycles. The van der Waals surface area contributed by atoms with Crippen LogP contribution in [-0.2, 0) is 14.3 Å². The zero-order valence-electron chi connectivity index (χ0n) is 10.4. The van der Waals surface area contributed by atoms with Crippen molar-refractivity contribution in [1.82, 2.24) is 4.90 Å². The summed E-state index contributed by atoms with van der Waals surface area (Å²) in [6, 6.07) is -0.446. The summed E-state index contributed by atoms with van der Waals surface area (Å²) in [4.78, 5) is 25.6. The monoisotopic (exact) mass is 323 g/mol. The van der Waals surface area contributed by atoms with Crippen LogP contribution in [0.3, 0.4) is 0 Å². The molecule has 1 unspecified atom stereocenters. The predicted molar refractivity (Wildman–Crippen MR) is 72.5 cm³/mol. The molecular weight excluding hydrogens is 306 g/mol. The van der Waals surface area contributed by atoms with Crippen molar-refractivity contribution in [2.75, 3.05) is 24.7 Å². The summed E-state index contributed by atoms with van der Waals surface area (Å²) in [6.07, 6.45) is 0. The Hall–Kier alpha value is -0.230. The van der Waals surface area contributed by atoms with Crippen molar-refractivity contribution in [3.63, 3.8) is 0 Å². The van der Waals surface area contributed by atoms with Crippen LogP contribution in [0, 0.1) is 0 Å². The molecular formula is C11H18BrNO3S. The van der Waals surface area contributed by atoms with Gasteiger partial charge >= 0.3 is 5.97 Å². The van der Waals surface area contributed by atoms with E-state index in [4.69, 9.17) is 4.74 Å². The number of thioether (sulfide) groups is 1. The summed E-state index contributed by atoms with van der Waals surface area (Å²) < 4.78 is 4.37. The van der Waals surface area contributed by atoms with Crippen LogP contribution in [0.25, 0.3) is 0 Å². The van der Waals surface area contributed by atoms with Crippen molar-refractivity contribution in [3.05, 3.63) is 0 Å². The first-order chi connectivity index (χ1) is 7.88. The van der Waals surface area contributed by atoms with Gasteiger partial charge in [-0.25, -0.2) is 4.79 Å². The van der Waals surface area contributed by atoms with Crippen LogP contribution in [0.15, 0.2) is 0 Å². The minimum Gasteiger partial charge on any atom is -0.464 e. The number of alkyl halides is 1.